The molecule has 0 aliphatic carbocycles. The quantitative estimate of drug-likeness (QED) is 0.139. The smallest absolute Gasteiger partial charge is 0.328 e. The molecule has 41 heavy (non-hydrogen) atoms. The molecular weight excluding hydrogens is 580 g/mol. The molecular formula is C25H32N4O10S2. The van der Waals surface area contributed by atoms with Crippen LogP contribution in [0.5, 0.6) is 11.5 Å². The molecule has 14 nitrogen and oxygen atoms in total. The Balaban J connectivity index is 1.61. The number of hydrogen-bond donors (Lipinski definition) is 4. The van der Waals surface area contributed by atoms with Crippen LogP contribution < -0.4 is 29.6 Å². The second-order valence-corrected chi connectivity index (χ2v) is 12.0. The van der Waals surface area contributed by atoms with E-state index in [-0.39, 0.29) is 34.4 Å². The topological polar surface area (TPSA) is 203 Å². The first kappa shape index (κ1) is 33.0. The number of carbonyl (C=O) groups is 4. The number of nitrogens with one attached hydrogen (secondary N) is 4. The summed E-state index contributed by atoms with van der Waals surface area (Å²) in [7, 11) is -8.33. The number of carbonyl (C=O) groups excluding carboxylic acids is 4. The van der Waals surface area contributed by atoms with Crippen molar-refractivity contribution in [3.8, 4) is 11.5 Å². The molecule has 2 aromatic carbocycles. The molecule has 0 saturated heterocycles. The Morgan fingerprint density at radius 2 is 0.976 bits per heavy atom. The van der Waals surface area contributed by atoms with Crippen LogP contribution in [0, 0.1) is 0 Å². The third-order valence-electron chi connectivity index (χ3n) is 5.13. The maximum absolute atomic E-state index is 12.4. The van der Waals surface area contributed by atoms with Gasteiger partial charge in [0.2, 0.25) is 0 Å². The highest BCUT2D eigenvalue weighted by molar-refractivity contribution is 7.90. The number of esters is 2. The Morgan fingerprint density at radius 3 is 1.34 bits per heavy atom. The highest BCUT2D eigenvalue weighted by Gasteiger charge is 2.19. The van der Waals surface area contributed by atoms with Crippen LogP contribution in [0.3, 0.4) is 0 Å². The fourth-order valence-corrected chi connectivity index (χ4v) is 5.29. The molecule has 0 bridgehead atoms. The fourth-order valence-electron chi connectivity index (χ4n) is 3.36. The average Bonchev–Trinajstić information content (AvgIpc) is 2.86. The van der Waals surface area contributed by atoms with E-state index in [1.807, 2.05) is 9.44 Å². The highest BCUT2D eigenvalue weighted by Crippen LogP contribution is 2.18. The van der Waals surface area contributed by atoms with Gasteiger partial charge >= 0.3 is 24.0 Å². The summed E-state index contributed by atoms with van der Waals surface area (Å²) in [6.45, 7) is 2.81. The predicted molar refractivity (Wildman–Crippen MR) is 146 cm³/mol. The number of urea groups is 2. The summed E-state index contributed by atoms with van der Waals surface area (Å²) >= 11 is 0. The standard InChI is InChI=1S/C25H32N4O10S2/c1-18(30)38-20-10-8-12-22(16-20)40(34,35)28-24(32)26-14-6-4-3-5-7-15-27-25(33)29-41(36,37)23-13-9-11-21(17-23)39-19(2)31/h8-13,16-17H,3-7,14-15H2,1-2H3,(H2,26,28,32)(H2,27,29,33). The summed E-state index contributed by atoms with van der Waals surface area (Å²) in [6.07, 6.45) is 3.35. The number of rotatable bonds is 14. The largest absolute Gasteiger partial charge is 0.427 e. The monoisotopic (exact) mass is 612 g/mol. The van der Waals surface area contributed by atoms with Gasteiger partial charge in [-0.25, -0.2) is 35.9 Å². The number of sulfonamides is 2. The van der Waals surface area contributed by atoms with E-state index in [0.29, 0.717) is 12.8 Å². The van der Waals surface area contributed by atoms with Gasteiger partial charge in [0.05, 0.1) is 9.79 Å². The van der Waals surface area contributed by atoms with Crippen molar-refractivity contribution in [1.82, 2.24) is 20.1 Å². The van der Waals surface area contributed by atoms with Gasteiger partial charge in [-0.15, -0.1) is 0 Å². The molecule has 224 valence electrons. The molecule has 2 rings (SSSR count). The van der Waals surface area contributed by atoms with E-state index in [1.54, 1.807) is 0 Å². The summed E-state index contributed by atoms with van der Waals surface area (Å²) in [5.74, 6) is -1.16. The fraction of sp³-hybridized carbons (Fsp3) is 0.360. The summed E-state index contributed by atoms with van der Waals surface area (Å²) in [5.41, 5.74) is 0. The Morgan fingerprint density at radius 1 is 0.610 bits per heavy atom. The molecule has 0 fully saturated rings. The number of amides is 4. The molecule has 4 N–H and O–H groups in total. The lowest BCUT2D eigenvalue weighted by atomic mass is 10.1. The van der Waals surface area contributed by atoms with Crippen LogP contribution in [-0.4, -0.2) is 53.9 Å². The Kier molecular flexibility index (Phi) is 12.5. The van der Waals surface area contributed by atoms with Gasteiger partial charge in [0.1, 0.15) is 11.5 Å². The first-order valence-electron chi connectivity index (χ1n) is 12.5. The number of unbranched alkanes of at least 4 members (excludes halogenated alkanes) is 4. The summed E-state index contributed by atoms with van der Waals surface area (Å²) in [6, 6.07) is 8.54. The SMILES string of the molecule is CC(=O)Oc1cccc(S(=O)(=O)NC(=O)NCCCCCCCNC(=O)NS(=O)(=O)c2cccc(OC(C)=O)c2)c1. The summed E-state index contributed by atoms with van der Waals surface area (Å²) in [5, 5.41) is 4.92. The first-order valence-corrected chi connectivity index (χ1v) is 15.4. The second-order valence-electron chi connectivity index (χ2n) is 8.63. The van der Waals surface area contributed by atoms with E-state index >= 15 is 0 Å². The maximum atomic E-state index is 12.4. The number of ether oxygens (including phenoxy) is 2. The van der Waals surface area contributed by atoms with E-state index in [9.17, 15) is 36.0 Å². The van der Waals surface area contributed by atoms with Crippen molar-refractivity contribution in [2.24, 2.45) is 0 Å². The third kappa shape index (κ3) is 12.3. The van der Waals surface area contributed by atoms with Crippen LogP contribution in [0.25, 0.3) is 0 Å². The zero-order valence-corrected chi connectivity index (χ0v) is 24.1. The van der Waals surface area contributed by atoms with Crippen molar-refractivity contribution >= 4 is 44.0 Å². The highest BCUT2D eigenvalue weighted by atomic mass is 32.2. The van der Waals surface area contributed by atoms with Gasteiger partial charge in [-0.3, -0.25) is 9.59 Å². The Hall–Kier alpha value is -4.18. The lowest BCUT2D eigenvalue weighted by Crippen LogP contribution is -2.39. The number of benzene rings is 2. The van der Waals surface area contributed by atoms with Crippen LogP contribution >= 0.6 is 0 Å². The molecule has 16 heteroatoms. The minimum atomic E-state index is -4.16. The molecule has 4 amide bonds. The Bertz CT molecular complexity index is 1350. The van der Waals surface area contributed by atoms with E-state index in [0.717, 1.165) is 31.4 Å². The average molecular weight is 613 g/mol. The van der Waals surface area contributed by atoms with Crippen molar-refractivity contribution < 1.29 is 45.5 Å². The second kappa shape index (κ2) is 15.6. The zero-order valence-electron chi connectivity index (χ0n) is 22.5. The van der Waals surface area contributed by atoms with Gasteiger partial charge in [-0.05, 0) is 37.1 Å². The van der Waals surface area contributed by atoms with Crippen molar-refractivity contribution in [3.05, 3.63) is 48.5 Å². The minimum absolute atomic E-state index is 0.0323. The molecule has 0 saturated carbocycles. The van der Waals surface area contributed by atoms with E-state index in [4.69, 9.17) is 9.47 Å². The molecule has 0 spiro atoms. The zero-order chi connectivity index (χ0) is 30.5. The van der Waals surface area contributed by atoms with Crippen LogP contribution in [-0.2, 0) is 29.6 Å². The number of hydrogen-bond acceptors (Lipinski definition) is 10. The van der Waals surface area contributed by atoms with Gasteiger partial charge in [0.25, 0.3) is 20.0 Å². The van der Waals surface area contributed by atoms with Crippen LogP contribution in [0.4, 0.5) is 9.59 Å². The van der Waals surface area contributed by atoms with E-state index in [2.05, 4.69) is 10.6 Å². The summed E-state index contributed by atoms with van der Waals surface area (Å²) in [4.78, 5) is 45.6. The van der Waals surface area contributed by atoms with E-state index < -0.39 is 44.0 Å². The minimum Gasteiger partial charge on any atom is -0.427 e. The van der Waals surface area contributed by atoms with Gasteiger partial charge in [-0.2, -0.15) is 0 Å². The van der Waals surface area contributed by atoms with Crippen molar-refractivity contribution in [2.75, 3.05) is 13.1 Å². The summed E-state index contributed by atoms with van der Waals surface area (Å²) < 4.78 is 62.9. The molecule has 0 radical (unpaired) electrons. The molecule has 0 heterocycles. The molecule has 0 unspecified atom stereocenters. The van der Waals surface area contributed by atoms with E-state index in [1.165, 1.54) is 50.2 Å². The predicted octanol–water partition coefficient (Wildman–Crippen LogP) is 2.16. The van der Waals surface area contributed by atoms with Gasteiger partial charge in [-0.1, -0.05) is 31.4 Å². The Labute approximate surface area is 238 Å². The molecule has 0 atom stereocenters. The normalized spacial score (nSPS) is 11.2. The first-order chi connectivity index (χ1) is 19.3. The van der Waals surface area contributed by atoms with Gasteiger partial charge in [0.15, 0.2) is 0 Å². The van der Waals surface area contributed by atoms with Crippen LogP contribution in [0.1, 0.15) is 46.0 Å². The van der Waals surface area contributed by atoms with Gasteiger partial charge < -0.3 is 20.1 Å². The lowest BCUT2D eigenvalue weighted by molar-refractivity contribution is -0.132. The molecule has 0 aromatic heterocycles. The lowest BCUT2D eigenvalue weighted by Gasteiger charge is -2.10. The third-order valence-corrected chi connectivity index (χ3v) is 7.79. The molecule has 0 aliphatic rings. The molecule has 2 aromatic rings. The van der Waals surface area contributed by atoms with Crippen molar-refractivity contribution in [1.29, 1.82) is 0 Å². The maximum Gasteiger partial charge on any atom is 0.328 e. The van der Waals surface area contributed by atoms with Gasteiger partial charge in [0, 0.05) is 39.1 Å². The molecule has 0 aliphatic heterocycles. The van der Waals surface area contributed by atoms with Crippen LogP contribution in [0.2, 0.25) is 0 Å². The van der Waals surface area contributed by atoms with Crippen molar-refractivity contribution in [2.45, 2.75) is 55.7 Å². The van der Waals surface area contributed by atoms with Crippen molar-refractivity contribution in [3.63, 3.8) is 0 Å². The van der Waals surface area contributed by atoms with Crippen LogP contribution in [0.15, 0.2) is 58.3 Å².